The Balaban J connectivity index is 2.29. The van der Waals surface area contributed by atoms with Crippen LogP contribution in [0.2, 0.25) is 0 Å². The molecule has 3 nitrogen and oxygen atoms in total. The number of rotatable bonds is 5. The number of para-hydroxylation sites is 1. The molecule has 0 saturated carbocycles. The first-order valence-corrected chi connectivity index (χ1v) is 7.53. The van der Waals surface area contributed by atoms with E-state index in [1.807, 2.05) is 18.3 Å². The van der Waals surface area contributed by atoms with Gasteiger partial charge in [-0.1, -0.05) is 24.3 Å². The molecule has 1 heterocycles. The predicted octanol–water partition coefficient (Wildman–Crippen LogP) is 4.13. The van der Waals surface area contributed by atoms with Crippen molar-refractivity contribution < 1.29 is 0 Å². The Hall–Kier alpha value is -1.87. The molecule has 112 valence electrons. The number of anilines is 2. The Kier molecular flexibility index (Phi) is 4.97. The van der Waals surface area contributed by atoms with Crippen LogP contribution in [0.25, 0.3) is 0 Å². The van der Waals surface area contributed by atoms with E-state index in [0.717, 1.165) is 18.9 Å². The van der Waals surface area contributed by atoms with Gasteiger partial charge in [-0.05, 0) is 45.9 Å². The van der Waals surface area contributed by atoms with E-state index < -0.39 is 0 Å². The minimum atomic E-state index is 0.0941. The monoisotopic (exact) mass is 283 g/mol. The minimum absolute atomic E-state index is 0.0941. The first-order valence-electron chi connectivity index (χ1n) is 7.53. The van der Waals surface area contributed by atoms with Crippen molar-refractivity contribution in [2.24, 2.45) is 0 Å². The predicted molar refractivity (Wildman–Crippen MR) is 90.0 cm³/mol. The Labute approximate surface area is 128 Å². The SMILES string of the molecule is CCN(c1ccccc1)c1ncccc1CNC(C)(C)C. The molecule has 1 aromatic carbocycles. The fourth-order valence-corrected chi connectivity index (χ4v) is 2.23. The molecule has 0 aliphatic carbocycles. The highest BCUT2D eigenvalue weighted by molar-refractivity contribution is 5.62. The summed E-state index contributed by atoms with van der Waals surface area (Å²) in [6.07, 6.45) is 1.86. The van der Waals surface area contributed by atoms with Gasteiger partial charge < -0.3 is 10.2 Å². The van der Waals surface area contributed by atoms with Crippen molar-refractivity contribution in [2.45, 2.75) is 39.8 Å². The maximum atomic E-state index is 4.61. The molecule has 2 rings (SSSR count). The molecule has 0 amide bonds. The summed E-state index contributed by atoms with van der Waals surface area (Å²) in [6, 6.07) is 14.6. The van der Waals surface area contributed by atoms with Gasteiger partial charge in [-0.3, -0.25) is 0 Å². The molecule has 0 bridgehead atoms. The summed E-state index contributed by atoms with van der Waals surface area (Å²) in [5, 5.41) is 3.54. The van der Waals surface area contributed by atoms with Gasteiger partial charge in [0.1, 0.15) is 5.82 Å². The lowest BCUT2D eigenvalue weighted by atomic mass is 10.1. The second-order valence-electron chi connectivity index (χ2n) is 6.17. The molecule has 21 heavy (non-hydrogen) atoms. The molecular formula is C18H25N3. The molecular weight excluding hydrogens is 258 g/mol. The average Bonchev–Trinajstić information content (AvgIpc) is 2.47. The van der Waals surface area contributed by atoms with E-state index in [2.05, 4.69) is 73.2 Å². The van der Waals surface area contributed by atoms with Crippen LogP contribution < -0.4 is 10.2 Å². The topological polar surface area (TPSA) is 28.2 Å². The van der Waals surface area contributed by atoms with E-state index in [4.69, 9.17) is 0 Å². The third kappa shape index (κ3) is 4.30. The van der Waals surface area contributed by atoms with Crippen LogP contribution in [0.1, 0.15) is 33.3 Å². The van der Waals surface area contributed by atoms with E-state index >= 15 is 0 Å². The van der Waals surface area contributed by atoms with Crippen LogP contribution in [0.15, 0.2) is 48.7 Å². The van der Waals surface area contributed by atoms with Crippen molar-refractivity contribution in [2.75, 3.05) is 11.4 Å². The molecule has 0 fully saturated rings. The highest BCUT2D eigenvalue weighted by Crippen LogP contribution is 2.26. The lowest BCUT2D eigenvalue weighted by Gasteiger charge is -2.26. The van der Waals surface area contributed by atoms with Crippen molar-refractivity contribution in [3.05, 3.63) is 54.2 Å². The summed E-state index contributed by atoms with van der Waals surface area (Å²) < 4.78 is 0. The second kappa shape index (κ2) is 6.72. The van der Waals surface area contributed by atoms with Crippen LogP contribution in [-0.2, 0) is 6.54 Å². The third-order valence-electron chi connectivity index (χ3n) is 3.32. The van der Waals surface area contributed by atoms with Gasteiger partial charge in [-0.25, -0.2) is 4.98 Å². The van der Waals surface area contributed by atoms with Gasteiger partial charge in [0.15, 0.2) is 0 Å². The maximum Gasteiger partial charge on any atom is 0.137 e. The van der Waals surface area contributed by atoms with Crippen molar-refractivity contribution in [3.63, 3.8) is 0 Å². The van der Waals surface area contributed by atoms with Crippen LogP contribution in [0, 0.1) is 0 Å². The molecule has 0 spiro atoms. The highest BCUT2D eigenvalue weighted by Gasteiger charge is 2.15. The quantitative estimate of drug-likeness (QED) is 0.894. The molecule has 0 aliphatic rings. The smallest absolute Gasteiger partial charge is 0.137 e. The molecule has 2 aromatic rings. The Morgan fingerprint density at radius 3 is 2.38 bits per heavy atom. The normalized spacial score (nSPS) is 11.4. The number of pyridine rings is 1. The standard InChI is InChI=1S/C18H25N3/c1-5-21(16-11-7-6-8-12-16)17-15(10-9-13-19-17)14-20-18(2,3)4/h6-13,20H,5,14H2,1-4H3. The van der Waals surface area contributed by atoms with Gasteiger partial charge in [0.25, 0.3) is 0 Å². The average molecular weight is 283 g/mol. The zero-order valence-corrected chi connectivity index (χ0v) is 13.4. The third-order valence-corrected chi connectivity index (χ3v) is 3.32. The van der Waals surface area contributed by atoms with Crippen molar-refractivity contribution in [3.8, 4) is 0 Å². The lowest BCUT2D eigenvalue weighted by Crippen LogP contribution is -2.35. The zero-order valence-electron chi connectivity index (χ0n) is 13.4. The van der Waals surface area contributed by atoms with Crippen molar-refractivity contribution in [1.29, 1.82) is 0 Å². The van der Waals surface area contributed by atoms with Gasteiger partial charge >= 0.3 is 0 Å². The molecule has 1 N–H and O–H groups in total. The van der Waals surface area contributed by atoms with E-state index in [-0.39, 0.29) is 5.54 Å². The first-order chi connectivity index (χ1) is 10.0. The Morgan fingerprint density at radius 2 is 1.76 bits per heavy atom. The van der Waals surface area contributed by atoms with Crippen molar-refractivity contribution >= 4 is 11.5 Å². The van der Waals surface area contributed by atoms with Crippen LogP contribution in [-0.4, -0.2) is 17.1 Å². The van der Waals surface area contributed by atoms with Gasteiger partial charge in [-0.15, -0.1) is 0 Å². The number of hydrogen-bond acceptors (Lipinski definition) is 3. The summed E-state index contributed by atoms with van der Waals surface area (Å²) in [5.41, 5.74) is 2.49. The van der Waals surface area contributed by atoms with Gasteiger partial charge in [0, 0.05) is 36.1 Å². The van der Waals surface area contributed by atoms with Crippen LogP contribution in [0.5, 0.6) is 0 Å². The molecule has 0 aliphatic heterocycles. The van der Waals surface area contributed by atoms with E-state index in [1.165, 1.54) is 11.3 Å². The summed E-state index contributed by atoms with van der Waals surface area (Å²) in [5.74, 6) is 1.03. The van der Waals surface area contributed by atoms with Crippen LogP contribution in [0.3, 0.4) is 0 Å². The largest absolute Gasteiger partial charge is 0.326 e. The molecule has 0 saturated heterocycles. The van der Waals surface area contributed by atoms with Crippen LogP contribution in [0.4, 0.5) is 11.5 Å². The Bertz CT molecular complexity index is 558. The number of aromatic nitrogens is 1. The summed E-state index contributed by atoms with van der Waals surface area (Å²) in [7, 11) is 0. The number of nitrogens with one attached hydrogen (secondary N) is 1. The molecule has 3 heteroatoms. The second-order valence-corrected chi connectivity index (χ2v) is 6.17. The zero-order chi connectivity index (χ0) is 15.3. The fraction of sp³-hybridized carbons (Fsp3) is 0.389. The lowest BCUT2D eigenvalue weighted by molar-refractivity contribution is 0.424. The minimum Gasteiger partial charge on any atom is -0.326 e. The van der Waals surface area contributed by atoms with E-state index in [9.17, 15) is 0 Å². The summed E-state index contributed by atoms with van der Waals surface area (Å²) >= 11 is 0. The summed E-state index contributed by atoms with van der Waals surface area (Å²) in [6.45, 7) is 10.4. The molecule has 0 radical (unpaired) electrons. The van der Waals surface area contributed by atoms with E-state index in [1.54, 1.807) is 0 Å². The summed E-state index contributed by atoms with van der Waals surface area (Å²) in [4.78, 5) is 6.86. The van der Waals surface area contributed by atoms with Gasteiger partial charge in [0.2, 0.25) is 0 Å². The first kappa shape index (κ1) is 15.5. The molecule has 0 atom stereocenters. The molecule has 0 unspecified atom stereocenters. The van der Waals surface area contributed by atoms with Crippen LogP contribution >= 0.6 is 0 Å². The van der Waals surface area contributed by atoms with Gasteiger partial charge in [0.05, 0.1) is 0 Å². The van der Waals surface area contributed by atoms with Gasteiger partial charge in [-0.2, -0.15) is 0 Å². The van der Waals surface area contributed by atoms with Crippen molar-refractivity contribution in [1.82, 2.24) is 10.3 Å². The highest BCUT2D eigenvalue weighted by atomic mass is 15.2. The number of hydrogen-bond donors (Lipinski definition) is 1. The number of benzene rings is 1. The maximum absolute atomic E-state index is 4.61. The fourth-order valence-electron chi connectivity index (χ4n) is 2.23. The number of nitrogens with zero attached hydrogens (tertiary/aromatic N) is 2. The molecule has 1 aromatic heterocycles. The Morgan fingerprint density at radius 1 is 1.05 bits per heavy atom. The van der Waals surface area contributed by atoms with E-state index in [0.29, 0.717) is 0 Å².